The number of nitrogens with zero attached hydrogens (tertiary/aromatic N) is 2. The lowest BCUT2D eigenvalue weighted by molar-refractivity contribution is 0.658. The zero-order valence-corrected chi connectivity index (χ0v) is 49.5. The van der Waals surface area contributed by atoms with Gasteiger partial charge in [-0.3, -0.25) is 0 Å². The molecule has 16 aromatic rings. The van der Waals surface area contributed by atoms with Crippen molar-refractivity contribution in [2.45, 2.75) is 52.4 Å². The van der Waals surface area contributed by atoms with Gasteiger partial charge in [0, 0.05) is 43.7 Å². The summed E-state index contributed by atoms with van der Waals surface area (Å²) < 4.78 is 14.6. The third-order valence-corrected chi connectivity index (χ3v) is 18.1. The molecule has 4 nitrogen and oxygen atoms in total. The van der Waals surface area contributed by atoms with Crippen molar-refractivity contribution in [2.75, 3.05) is 9.80 Å². The summed E-state index contributed by atoms with van der Waals surface area (Å²) in [6.07, 6.45) is 6.33. The predicted molar refractivity (Wildman–Crippen MR) is 373 cm³/mol. The van der Waals surface area contributed by atoms with Crippen LogP contribution in [0, 0.1) is 0 Å². The summed E-state index contributed by atoms with van der Waals surface area (Å²) in [7, 11) is 0. The SMILES string of the molecule is CCCCc1cccc2c1oc1c(N(c3cc(-c4ccccc4)cc(-c4ccccc4)c3)c3ccc4ccc5c(N(c6cc(-c7ccccc7)cc(-c7ccccc7)c6)c6cccc7c6oc6c(CCCC)cccc67)ccc6ccc3c4c65)cccc12. The highest BCUT2D eigenvalue weighted by molar-refractivity contribution is 6.29. The molecule has 0 saturated heterocycles. The second kappa shape index (κ2) is 22.3. The summed E-state index contributed by atoms with van der Waals surface area (Å²) >= 11 is 0. The first kappa shape index (κ1) is 52.8. The van der Waals surface area contributed by atoms with E-state index in [4.69, 9.17) is 8.83 Å². The van der Waals surface area contributed by atoms with Crippen molar-refractivity contribution in [2.24, 2.45) is 0 Å². The van der Waals surface area contributed by atoms with Gasteiger partial charge in [-0.25, -0.2) is 0 Å². The van der Waals surface area contributed by atoms with Gasteiger partial charge in [0.1, 0.15) is 11.2 Å². The minimum absolute atomic E-state index is 0.862. The summed E-state index contributed by atoms with van der Waals surface area (Å²) in [6.45, 7) is 4.52. The molecule has 0 saturated carbocycles. The van der Waals surface area contributed by atoms with Crippen LogP contribution in [-0.4, -0.2) is 0 Å². The fourth-order valence-electron chi connectivity index (χ4n) is 13.9. The zero-order chi connectivity index (χ0) is 58.7. The molecule has 0 aliphatic rings. The third-order valence-electron chi connectivity index (χ3n) is 18.1. The molecular weight excluding hydrogens is 1070 g/mol. The minimum atomic E-state index is 0.862. The summed E-state index contributed by atoms with van der Waals surface area (Å²) in [5.41, 5.74) is 21.4. The third kappa shape index (κ3) is 9.14. The Labute approximate surface area is 513 Å². The molecular formula is C84H64N2O2. The van der Waals surface area contributed by atoms with Gasteiger partial charge in [0.2, 0.25) is 0 Å². The molecule has 4 heteroatoms. The van der Waals surface area contributed by atoms with E-state index in [-0.39, 0.29) is 0 Å². The van der Waals surface area contributed by atoms with Crippen LogP contribution in [0.1, 0.15) is 50.7 Å². The molecule has 0 fully saturated rings. The molecule has 2 aromatic heterocycles. The van der Waals surface area contributed by atoms with E-state index >= 15 is 0 Å². The zero-order valence-electron chi connectivity index (χ0n) is 49.5. The number of rotatable bonds is 16. The molecule has 0 aliphatic carbocycles. The van der Waals surface area contributed by atoms with Gasteiger partial charge in [-0.1, -0.05) is 245 Å². The van der Waals surface area contributed by atoms with Gasteiger partial charge in [0.25, 0.3) is 0 Å². The van der Waals surface area contributed by atoms with E-state index in [1.54, 1.807) is 0 Å². The molecule has 0 spiro atoms. The fourth-order valence-corrected chi connectivity index (χ4v) is 13.9. The number of hydrogen-bond donors (Lipinski definition) is 0. The molecule has 0 atom stereocenters. The molecule has 0 amide bonds. The fraction of sp³-hybridized carbons (Fsp3) is 0.0952. The number of aryl methyl sites for hydroxylation is 2. The number of hydrogen-bond acceptors (Lipinski definition) is 4. The van der Waals surface area contributed by atoms with E-state index in [1.165, 1.54) is 32.7 Å². The van der Waals surface area contributed by atoms with Gasteiger partial charge < -0.3 is 18.6 Å². The van der Waals surface area contributed by atoms with E-state index in [0.29, 0.717) is 0 Å². The van der Waals surface area contributed by atoms with Crippen molar-refractivity contribution in [1.29, 1.82) is 0 Å². The topological polar surface area (TPSA) is 32.8 Å². The van der Waals surface area contributed by atoms with Crippen LogP contribution < -0.4 is 9.80 Å². The first-order chi connectivity index (χ1) is 43.6. The molecule has 88 heavy (non-hydrogen) atoms. The Bertz CT molecular complexity index is 4790. The van der Waals surface area contributed by atoms with Gasteiger partial charge in [-0.2, -0.15) is 0 Å². The summed E-state index contributed by atoms with van der Waals surface area (Å²) in [6, 6.07) is 103. The van der Waals surface area contributed by atoms with Crippen molar-refractivity contribution in [3.8, 4) is 44.5 Å². The number of benzene rings is 14. The highest BCUT2D eigenvalue weighted by Gasteiger charge is 2.28. The van der Waals surface area contributed by atoms with E-state index < -0.39 is 0 Å². The van der Waals surface area contributed by atoms with E-state index in [9.17, 15) is 0 Å². The maximum atomic E-state index is 7.31. The lowest BCUT2D eigenvalue weighted by Crippen LogP contribution is -2.12. The number of anilines is 6. The molecule has 0 aliphatic heterocycles. The van der Waals surface area contributed by atoms with E-state index in [1.807, 2.05) is 0 Å². The number of para-hydroxylation sites is 4. The van der Waals surface area contributed by atoms with Gasteiger partial charge in [0.05, 0.1) is 22.7 Å². The Kier molecular flexibility index (Phi) is 13.4. The first-order valence-corrected chi connectivity index (χ1v) is 31.3. The summed E-state index contributed by atoms with van der Waals surface area (Å²) in [5, 5.41) is 11.5. The van der Waals surface area contributed by atoms with Gasteiger partial charge in [-0.05, 0) is 164 Å². The number of furan rings is 2. The van der Waals surface area contributed by atoms with Crippen LogP contribution in [-0.2, 0) is 12.8 Å². The summed E-state index contributed by atoms with van der Waals surface area (Å²) in [5.74, 6) is 0. The van der Waals surface area contributed by atoms with E-state index in [2.05, 4.69) is 303 Å². The van der Waals surface area contributed by atoms with Crippen molar-refractivity contribution < 1.29 is 8.83 Å². The van der Waals surface area contributed by atoms with Gasteiger partial charge >= 0.3 is 0 Å². The van der Waals surface area contributed by atoms with Crippen LogP contribution in [0.4, 0.5) is 34.1 Å². The largest absolute Gasteiger partial charge is 0.454 e. The summed E-state index contributed by atoms with van der Waals surface area (Å²) in [4.78, 5) is 4.96. The lowest BCUT2D eigenvalue weighted by Gasteiger charge is -2.30. The number of unbranched alkanes of at least 4 members (excludes halogenated alkanes) is 2. The van der Waals surface area contributed by atoms with Crippen LogP contribution in [0.25, 0.3) is 121 Å². The van der Waals surface area contributed by atoms with Gasteiger partial charge in [0.15, 0.2) is 11.2 Å². The average Bonchev–Trinajstić information content (AvgIpc) is 1.68. The van der Waals surface area contributed by atoms with Crippen LogP contribution >= 0.6 is 0 Å². The Morgan fingerprint density at radius 2 is 0.591 bits per heavy atom. The van der Waals surface area contributed by atoms with Gasteiger partial charge in [-0.15, -0.1) is 0 Å². The standard InChI is InChI=1S/C84H64N2O2/c1-3-5-23-61-33-19-35-69-71-37-21-39-77(83(71)87-81(61)69)85(67-51-63(55-25-11-7-12-26-55)49-64(52-67)56-27-13-8-14-28-56)75-47-43-59-42-46-74-76(48-44-60-41-45-73(75)79(59)80(60)74)86(78-40-22-38-72-70-36-20-34-62(24-6-4-2)82(70)88-84(72)78)68-53-65(57-29-15-9-16-30-57)50-66(54-68)58-31-17-10-18-32-58/h7-22,25-54H,3-6,23-24H2,1-2H3. The molecule has 422 valence electrons. The Morgan fingerprint density at radius 3 is 0.943 bits per heavy atom. The Balaban J connectivity index is 0.976. The molecule has 0 radical (unpaired) electrons. The molecule has 16 rings (SSSR count). The second-order valence-corrected chi connectivity index (χ2v) is 23.6. The highest BCUT2D eigenvalue weighted by atomic mass is 16.3. The molecule has 0 N–H and O–H groups in total. The lowest BCUT2D eigenvalue weighted by atomic mass is 9.91. The van der Waals surface area contributed by atoms with Crippen LogP contribution in [0.15, 0.2) is 288 Å². The quantitative estimate of drug-likeness (QED) is 0.0903. The normalized spacial score (nSPS) is 11.8. The van der Waals surface area contributed by atoms with Crippen molar-refractivity contribution in [3.63, 3.8) is 0 Å². The van der Waals surface area contributed by atoms with Crippen molar-refractivity contribution in [1.82, 2.24) is 0 Å². The molecule has 14 aromatic carbocycles. The van der Waals surface area contributed by atoms with Crippen LogP contribution in [0.5, 0.6) is 0 Å². The molecule has 0 bridgehead atoms. The maximum absolute atomic E-state index is 7.31. The van der Waals surface area contributed by atoms with Crippen LogP contribution in [0.3, 0.4) is 0 Å². The maximum Gasteiger partial charge on any atom is 0.159 e. The number of fused-ring (bicyclic) bond motifs is 6. The average molecular weight is 1130 g/mol. The highest BCUT2D eigenvalue weighted by Crippen LogP contribution is 2.52. The smallest absolute Gasteiger partial charge is 0.159 e. The van der Waals surface area contributed by atoms with Crippen molar-refractivity contribution >= 4 is 110 Å². The second-order valence-electron chi connectivity index (χ2n) is 23.6. The monoisotopic (exact) mass is 1130 g/mol. The minimum Gasteiger partial charge on any atom is -0.454 e. The van der Waals surface area contributed by atoms with Crippen LogP contribution in [0.2, 0.25) is 0 Å². The van der Waals surface area contributed by atoms with Crippen molar-refractivity contribution in [3.05, 3.63) is 290 Å². The Hall–Kier alpha value is -10.7. The Morgan fingerprint density at radius 1 is 0.261 bits per heavy atom. The molecule has 2 heterocycles. The van der Waals surface area contributed by atoms with E-state index in [0.717, 1.165) is 172 Å². The first-order valence-electron chi connectivity index (χ1n) is 31.3. The predicted octanol–water partition coefficient (Wildman–Crippen LogP) is 24.7. The molecule has 0 unspecified atom stereocenters.